The Hall–Kier alpha value is -1.30. The summed E-state index contributed by atoms with van der Waals surface area (Å²) in [6.07, 6.45) is 4.39. The van der Waals surface area contributed by atoms with Crippen LogP contribution in [-0.4, -0.2) is 66.7 Å². The molecule has 6 heteroatoms. The predicted molar refractivity (Wildman–Crippen MR) is 84.4 cm³/mol. The first-order chi connectivity index (χ1) is 10.4. The largest absolute Gasteiger partial charge is 0.396 e. The Balaban J connectivity index is 1.84. The molecule has 2 rings (SSSR count). The quantitative estimate of drug-likeness (QED) is 0.818. The van der Waals surface area contributed by atoms with E-state index < -0.39 is 0 Å². The summed E-state index contributed by atoms with van der Waals surface area (Å²) < 4.78 is 0. The minimum absolute atomic E-state index is 0.0162. The summed E-state index contributed by atoms with van der Waals surface area (Å²) in [5, 5.41) is 12.7. The molecule has 2 atom stereocenters. The van der Waals surface area contributed by atoms with E-state index in [0.29, 0.717) is 25.9 Å². The number of hydrogen-bond acceptors (Lipinski definition) is 3. The first-order valence-corrected chi connectivity index (χ1v) is 8.25. The van der Waals surface area contributed by atoms with Crippen LogP contribution in [0.2, 0.25) is 0 Å². The van der Waals surface area contributed by atoms with E-state index in [0.717, 1.165) is 19.3 Å². The van der Waals surface area contributed by atoms with Gasteiger partial charge in [-0.3, -0.25) is 4.79 Å². The molecule has 0 unspecified atom stereocenters. The van der Waals surface area contributed by atoms with Gasteiger partial charge in [0.2, 0.25) is 5.91 Å². The molecule has 1 heterocycles. The number of hydrogen-bond donors (Lipinski definition) is 2. The van der Waals surface area contributed by atoms with Crippen LogP contribution in [0.3, 0.4) is 0 Å². The number of carbonyl (C=O) groups excluding carboxylic acids is 2. The van der Waals surface area contributed by atoms with Gasteiger partial charge in [0.15, 0.2) is 0 Å². The van der Waals surface area contributed by atoms with Gasteiger partial charge in [-0.15, -0.1) is 0 Å². The molecular formula is C16H29N3O3. The van der Waals surface area contributed by atoms with Crippen LogP contribution in [0.4, 0.5) is 4.79 Å². The molecule has 1 aliphatic carbocycles. The third kappa shape index (κ3) is 3.54. The second-order valence-electron chi connectivity index (χ2n) is 7.20. The van der Waals surface area contributed by atoms with Crippen LogP contribution in [0.1, 0.15) is 39.0 Å². The lowest BCUT2D eigenvalue weighted by molar-refractivity contribution is -0.127. The lowest BCUT2D eigenvalue weighted by Gasteiger charge is -2.35. The van der Waals surface area contributed by atoms with E-state index in [1.165, 1.54) is 0 Å². The minimum Gasteiger partial charge on any atom is -0.396 e. The van der Waals surface area contributed by atoms with Crippen LogP contribution in [0.5, 0.6) is 0 Å². The first-order valence-electron chi connectivity index (χ1n) is 8.25. The maximum Gasteiger partial charge on any atom is 0.319 e. The first kappa shape index (κ1) is 17.1. The van der Waals surface area contributed by atoms with Crippen molar-refractivity contribution in [2.24, 2.45) is 11.3 Å². The number of likely N-dealkylation sites (tertiary alicyclic amines) is 1. The van der Waals surface area contributed by atoms with Gasteiger partial charge in [-0.2, -0.15) is 0 Å². The summed E-state index contributed by atoms with van der Waals surface area (Å²) in [5.41, 5.74) is -0.183. The van der Waals surface area contributed by atoms with Crippen LogP contribution in [0.15, 0.2) is 0 Å². The highest BCUT2D eigenvalue weighted by Crippen LogP contribution is 2.37. The summed E-state index contributed by atoms with van der Waals surface area (Å²) in [4.78, 5) is 27.7. The molecule has 2 fully saturated rings. The van der Waals surface area contributed by atoms with Crippen molar-refractivity contribution in [3.05, 3.63) is 0 Å². The topological polar surface area (TPSA) is 72.9 Å². The zero-order chi connectivity index (χ0) is 16.3. The molecule has 0 aromatic heterocycles. The fraction of sp³-hybridized carbons (Fsp3) is 0.875. The lowest BCUT2D eigenvalue weighted by Crippen LogP contribution is -2.50. The summed E-state index contributed by atoms with van der Waals surface area (Å²) in [7, 11) is 3.49. The molecule has 0 aromatic rings. The van der Waals surface area contributed by atoms with Gasteiger partial charge in [-0.05, 0) is 25.7 Å². The van der Waals surface area contributed by atoms with Crippen LogP contribution >= 0.6 is 0 Å². The highest BCUT2D eigenvalue weighted by molar-refractivity contribution is 5.80. The normalized spacial score (nSPS) is 29.5. The molecule has 22 heavy (non-hydrogen) atoms. The molecule has 1 aliphatic heterocycles. The van der Waals surface area contributed by atoms with E-state index in [2.05, 4.69) is 5.32 Å². The summed E-state index contributed by atoms with van der Waals surface area (Å²) in [5.74, 6) is 0.0679. The Morgan fingerprint density at radius 2 is 1.91 bits per heavy atom. The van der Waals surface area contributed by atoms with Crippen molar-refractivity contribution < 1.29 is 14.7 Å². The smallest absolute Gasteiger partial charge is 0.319 e. The van der Waals surface area contributed by atoms with Crippen molar-refractivity contribution in [1.82, 2.24) is 15.1 Å². The minimum atomic E-state index is -0.183. The molecule has 0 aromatic carbocycles. The second kappa shape index (κ2) is 6.86. The Morgan fingerprint density at radius 1 is 1.27 bits per heavy atom. The zero-order valence-electron chi connectivity index (χ0n) is 14.0. The number of nitrogens with one attached hydrogen (secondary N) is 1. The lowest BCUT2D eigenvalue weighted by atomic mass is 9.85. The van der Waals surface area contributed by atoms with E-state index in [4.69, 9.17) is 0 Å². The standard InChI is InChI=1S/C16H29N3O3/c1-16(11-20)8-4-5-13(16)17-14(21)12-6-9-19(10-7-12)15(22)18(2)3/h12-13,20H,4-11H2,1-3H3,(H,17,21)/t13-,16+/m0/s1. The molecular weight excluding hydrogens is 282 g/mol. The number of carbonyl (C=O) groups is 2. The monoisotopic (exact) mass is 311 g/mol. The molecule has 1 saturated carbocycles. The predicted octanol–water partition coefficient (Wildman–Crippen LogP) is 1.05. The molecule has 126 valence electrons. The number of aliphatic hydroxyl groups excluding tert-OH is 1. The van der Waals surface area contributed by atoms with Gasteiger partial charge >= 0.3 is 6.03 Å². The van der Waals surface area contributed by atoms with Gasteiger partial charge in [0.05, 0.1) is 6.61 Å². The maximum atomic E-state index is 12.5. The number of nitrogens with zero attached hydrogens (tertiary/aromatic N) is 2. The summed E-state index contributed by atoms with van der Waals surface area (Å²) in [6, 6.07) is 0.0916. The molecule has 0 radical (unpaired) electrons. The van der Waals surface area contributed by atoms with Gasteiger partial charge < -0.3 is 20.2 Å². The fourth-order valence-corrected chi connectivity index (χ4v) is 3.57. The summed E-state index contributed by atoms with van der Waals surface area (Å²) >= 11 is 0. The van der Waals surface area contributed by atoms with E-state index >= 15 is 0 Å². The van der Waals surface area contributed by atoms with Gasteiger partial charge in [0.1, 0.15) is 0 Å². The fourth-order valence-electron chi connectivity index (χ4n) is 3.57. The van der Waals surface area contributed by atoms with Crippen molar-refractivity contribution in [3.63, 3.8) is 0 Å². The Bertz CT molecular complexity index is 419. The highest BCUT2D eigenvalue weighted by atomic mass is 16.3. The Morgan fingerprint density at radius 3 is 2.45 bits per heavy atom. The van der Waals surface area contributed by atoms with Crippen LogP contribution in [-0.2, 0) is 4.79 Å². The molecule has 3 amide bonds. The number of amides is 3. The van der Waals surface area contributed by atoms with Gasteiger partial charge in [-0.25, -0.2) is 4.79 Å². The van der Waals surface area contributed by atoms with Crippen molar-refractivity contribution >= 4 is 11.9 Å². The molecule has 1 saturated heterocycles. The van der Waals surface area contributed by atoms with Crippen molar-refractivity contribution in [2.45, 2.75) is 45.1 Å². The van der Waals surface area contributed by atoms with Crippen LogP contribution in [0.25, 0.3) is 0 Å². The summed E-state index contributed by atoms with van der Waals surface area (Å²) in [6.45, 7) is 3.44. The Kier molecular flexibility index (Phi) is 5.32. The van der Waals surface area contributed by atoms with E-state index in [1.54, 1.807) is 23.9 Å². The average molecular weight is 311 g/mol. The third-order valence-electron chi connectivity index (χ3n) is 5.28. The SMILES string of the molecule is CN(C)C(=O)N1CCC(C(=O)N[C@H]2CCC[C@]2(C)CO)CC1. The van der Waals surface area contributed by atoms with E-state index in [-0.39, 0.29) is 35.9 Å². The molecule has 0 bridgehead atoms. The van der Waals surface area contributed by atoms with Crippen molar-refractivity contribution in [1.29, 1.82) is 0 Å². The number of rotatable bonds is 3. The van der Waals surface area contributed by atoms with E-state index in [9.17, 15) is 14.7 Å². The molecule has 2 N–H and O–H groups in total. The molecule has 2 aliphatic rings. The van der Waals surface area contributed by atoms with Gasteiger partial charge in [0, 0.05) is 44.6 Å². The number of piperidine rings is 1. The average Bonchev–Trinajstić information content (AvgIpc) is 2.88. The zero-order valence-corrected chi connectivity index (χ0v) is 14.0. The van der Waals surface area contributed by atoms with Gasteiger partial charge in [-0.1, -0.05) is 13.3 Å². The highest BCUT2D eigenvalue weighted by Gasteiger charge is 2.40. The van der Waals surface area contributed by atoms with Crippen LogP contribution in [0, 0.1) is 11.3 Å². The van der Waals surface area contributed by atoms with Crippen molar-refractivity contribution in [3.8, 4) is 0 Å². The van der Waals surface area contributed by atoms with E-state index in [1.807, 2.05) is 6.92 Å². The van der Waals surface area contributed by atoms with Gasteiger partial charge in [0.25, 0.3) is 0 Å². The van der Waals surface area contributed by atoms with Crippen LogP contribution < -0.4 is 5.32 Å². The second-order valence-corrected chi connectivity index (χ2v) is 7.20. The Labute approximate surface area is 132 Å². The third-order valence-corrected chi connectivity index (χ3v) is 5.28. The molecule has 6 nitrogen and oxygen atoms in total. The van der Waals surface area contributed by atoms with Crippen molar-refractivity contribution in [2.75, 3.05) is 33.8 Å². The maximum absolute atomic E-state index is 12.5. The number of aliphatic hydroxyl groups is 1. The number of urea groups is 1. The molecule has 0 spiro atoms.